The predicted molar refractivity (Wildman–Crippen MR) is 103 cm³/mol. The molecule has 28 heavy (non-hydrogen) atoms. The summed E-state index contributed by atoms with van der Waals surface area (Å²) in [5.41, 5.74) is 2.16. The maximum atomic E-state index is 12.4. The maximum Gasteiger partial charge on any atom is 0.407 e. The largest absolute Gasteiger partial charge is 0.446 e. The molecular formula is C19H24N6O3. The topological polar surface area (TPSA) is 121 Å². The second-order valence-corrected chi connectivity index (χ2v) is 7.27. The lowest BCUT2D eigenvalue weighted by atomic mass is 10.0. The summed E-state index contributed by atoms with van der Waals surface area (Å²) in [7, 11) is 0. The molecule has 1 saturated carbocycles. The predicted octanol–water partition coefficient (Wildman–Crippen LogP) is 2.35. The molecule has 0 saturated heterocycles. The van der Waals surface area contributed by atoms with Crippen molar-refractivity contribution in [3.63, 3.8) is 0 Å². The van der Waals surface area contributed by atoms with Gasteiger partial charge < -0.3 is 20.7 Å². The number of nitrogens with one attached hydrogen (secondary N) is 4. The van der Waals surface area contributed by atoms with Crippen molar-refractivity contribution >= 4 is 23.6 Å². The van der Waals surface area contributed by atoms with Gasteiger partial charge in [-0.1, -0.05) is 6.07 Å². The number of ether oxygens (including phenoxy) is 1. The summed E-state index contributed by atoms with van der Waals surface area (Å²) in [6, 6.07) is 5.63. The third-order valence-corrected chi connectivity index (χ3v) is 5.17. The van der Waals surface area contributed by atoms with Gasteiger partial charge in [0.25, 0.3) is 5.91 Å². The highest BCUT2D eigenvalue weighted by atomic mass is 16.6. The van der Waals surface area contributed by atoms with Crippen molar-refractivity contribution < 1.29 is 14.3 Å². The molecule has 9 nitrogen and oxygen atoms in total. The van der Waals surface area contributed by atoms with Crippen molar-refractivity contribution in [2.75, 3.05) is 18.4 Å². The average molecular weight is 384 g/mol. The summed E-state index contributed by atoms with van der Waals surface area (Å²) >= 11 is 0. The SMILES string of the molecule is Cc1ccc2nc1C(=O)NCCCNC(=O)O[C@@H]1CC[C@@H](C1)c1cc(n[nH]1)N2. The fourth-order valence-electron chi connectivity index (χ4n) is 3.66. The van der Waals surface area contributed by atoms with Gasteiger partial charge in [0.1, 0.15) is 17.6 Å². The molecule has 1 aliphatic heterocycles. The van der Waals surface area contributed by atoms with Gasteiger partial charge in [0, 0.05) is 30.8 Å². The number of nitrogens with zero attached hydrogens (tertiary/aromatic N) is 2. The number of aryl methyl sites for hydroxylation is 1. The molecule has 0 aromatic carbocycles. The van der Waals surface area contributed by atoms with Crippen LogP contribution < -0.4 is 16.0 Å². The Hall–Kier alpha value is -3.10. The summed E-state index contributed by atoms with van der Waals surface area (Å²) in [6.45, 7) is 2.72. The number of amides is 2. The molecule has 4 rings (SSSR count). The van der Waals surface area contributed by atoms with Crippen molar-refractivity contribution in [1.29, 1.82) is 0 Å². The van der Waals surface area contributed by atoms with E-state index in [-0.39, 0.29) is 17.9 Å². The normalized spacial score (nSPS) is 22.9. The van der Waals surface area contributed by atoms with Gasteiger partial charge in [0.05, 0.1) is 0 Å². The van der Waals surface area contributed by atoms with Gasteiger partial charge in [-0.15, -0.1) is 0 Å². The lowest BCUT2D eigenvalue weighted by Gasteiger charge is -2.13. The monoisotopic (exact) mass is 384 g/mol. The Morgan fingerprint density at radius 1 is 1.11 bits per heavy atom. The number of alkyl carbamates (subject to hydrolysis) is 1. The fourth-order valence-corrected chi connectivity index (χ4v) is 3.66. The Kier molecular flexibility index (Phi) is 5.14. The highest BCUT2D eigenvalue weighted by molar-refractivity contribution is 5.94. The molecule has 4 N–H and O–H groups in total. The number of carbonyl (C=O) groups excluding carboxylic acids is 2. The van der Waals surface area contributed by atoms with E-state index in [0.29, 0.717) is 36.8 Å². The van der Waals surface area contributed by atoms with Crippen LogP contribution in [0.2, 0.25) is 0 Å². The molecule has 0 radical (unpaired) electrons. The summed E-state index contributed by atoms with van der Waals surface area (Å²) in [4.78, 5) is 28.8. The summed E-state index contributed by atoms with van der Waals surface area (Å²) < 4.78 is 5.51. The first-order valence-corrected chi connectivity index (χ1v) is 9.61. The molecule has 0 unspecified atom stereocenters. The Morgan fingerprint density at radius 2 is 1.96 bits per heavy atom. The van der Waals surface area contributed by atoms with Crippen molar-refractivity contribution in [1.82, 2.24) is 25.8 Å². The quantitative estimate of drug-likeness (QED) is 0.553. The second kappa shape index (κ2) is 7.87. The zero-order chi connectivity index (χ0) is 19.5. The molecule has 3 heterocycles. The molecule has 2 amide bonds. The number of aromatic nitrogens is 3. The molecule has 2 aliphatic rings. The van der Waals surface area contributed by atoms with Gasteiger partial charge >= 0.3 is 6.09 Å². The highest BCUT2D eigenvalue weighted by Crippen LogP contribution is 2.36. The van der Waals surface area contributed by atoms with Crippen LogP contribution in [-0.4, -0.2) is 46.4 Å². The van der Waals surface area contributed by atoms with E-state index in [9.17, 15) is 9.59 Å². The van der Waals surface area contributed by atoms with Crippen molar-refractivity contribution in [2.24, 2.45) is 0 Å². The molecule has 2 aromatic heterocycles. The molecule has 148 valence electrons. The van der Waals surface area contributed by atoms with E-state index in [2.05, 4.69) is 31.1 Å². The molecule has 0 spiro atoms. The molecule has 2 atom stereocenters. The first-order chi connectivity index (χ1) is 13.6. The van der Waals surface area contributed by atoms with E-state index < -0.39 is 6.09 Å². The molecule has 2 aromatic rings. The maximum absolute atomic E-state index is 12.4. The lowest BCUT2D eigenvalue weighted by molar-refractivity contribution is 0.0947. The zero-order valence-corrected chi connectivity index (χ0v) is 15.7. The van der Waals surface area contributed by atoms with Gasteiger partial charge in [-0.25, -0.2) is 9.78 Å². The van der Waals surface area contributed by atoms with E-state index in [1.807, 2.05) is 25.1 Å². The fraction of sp³-hybridized carbons (Fsp3) is 0.474. The standard InChI is InChI=1S/C19H24N6O3/c1-11-3-6-15-22-16-10-14(24-25-16)12-4-5-13(9-12)28-19(27)21-8-2-7-20-18(26)17(11)23-15/h3,6,10,12-13H,2,4-5,7-9H2,1H3,(H,20,26)(H,21,27)(H2,22,23,24,25)/t12-,13+/m0/s1. The molecule has 9 heteroatoms. The number of carbonyl (C=O) groups is 2. The lowest BCUT2D eigenvalue weighted by Crippen LogP contribution is -2.32. The van der Waals surface area contributed by atoms with E-state index >= 15 is 0 Å². The number of fused-ring (bicyclic) bond motifs is 7. The van der Waals surface area contributed by atoms with Crippen LogP contribution >= 0.6 is 0 Å². The minimum Gasteiger partial charge on any atom is -0.446 e. The third-order valence-electron chi connectivity index (χ3n) is 5.17. The highest BCUT2D eigenvalue weighted by Gasteiger charge is 2.30. The molecular weight excluding hydrogens is 360 g/mol. The van der Waals surface area contributed by atoms with Crippen LogP contribution in [0.4, 0.5) is 16.4 Å². The molecule has 1 aliphatic carbocycles. The van der Waals surface area contributed by atoms with Crippen LogP contribution in [0.5, 0.6) is 0 Å². The van der Waals surface area contributed by atoms with Crippen LogP contribution in [0.3, 0.4) is 0 Å². The first-order valence-electron chi connectivity index (χ1n) is 9.61. The van der Waals surface area contributed by atoms with E-state index in [1.54, 1.807) is 0 Å². The number of hydrogen-bond acceptors (Lipinski definition) is 6. The first kappa shape index (κ1) is 18.3. The second-order valence-electron chi connectivity index (χ2n) is 7.27. The van der Waals surface area contributed by atoms with Gasteiger partial charge in [0.2, 0.25) is 0 Å². The summed E-state index contributed by atoms with van der Waals surface area (Å²) in [5.74, 6) is 1.23. The Morgan fingerprint density at radius 3 is 2.86 bits per heavy atom. The van der Waals surface area contributed by atoms with Crippen molar-refractivity contribution in [2.45, 2.75) is 44.6 Å². The van der Waals surface area contributed by atoms with E-state index in [4.69, 9.17) is 4.74 Å². The van der Waals surface area contributed by atoms with E-state index in [1.165, 1.54) is 0 Å². The van der Waals surface area contributed by atoms with E-state index in [0.717, 1.165) is 30.5 Å². The minimum atomic E-state index is -0.407. The van der Waals surface area contributed by atoms with Gasteiger partial charge in [-0.3, -0.25) is 9.89 Å². The minimum absolute atomic E-state index is 0.0929. The van der Waals surface area contributed by atoms with Crippen LogP contribution in [0.1, 0.15) is 53.3 Å². The average Bonchev–Trinajstić information content (AvgIpc) is 3.31. The number of H-pyrrole nitrogens is 1. The smallest absolute Gasteiger partial charge is 0.407 e. The Bertz CT molecular complexity index is 880. The zero-order valence-electron chi connectivity index (χ0n) is 15.7. The Balaban J connectivity index is 1.57. The number of hydrogen-bond donors (Lipinski definition) is 4. The summed E-state index contributed by atoms with van der Waals surface area (Å²) in [6.07, 6.45) is 2.65. The van der Waals surface area contributed by atoms with Gasteiger partial charge in [-0.2, -0.15) is 5.10 Å². The number of rotatable bonds is 0. The number of anilines is 2. The number of pyridine rings is 1. The molecule has 1 fully saturated rings. The van der Waals surface area contributed by atoms with Crippen molar-refractivity contribution in [3.8, 4) is 0 Å². The summed E-state index contributed by atoms with van der Waals surface area (Å²) in [5, 5.41) is 16.1. The van der Waals surface area contributed by atoms with Crippen molar-refractivity contribution in [3.05, 3.63) is 35.2 Å². The van der Waals surface area contributed by atoms with Crippen LogP contribution in [-0.2, 0) is 4.74 Å². The third kappa shape index (κ3) is 4.08. The van der Waals surface area contributed by atoms with Gasteiger partial charge in [-0.05, 0) is 44.2 Å². The van der Waals surface area contributed by atoms with Crippen LogP contribution in [0.25, 0.3) is 0 Å². The van der Waals surface area contributed by atoms with Crippen LogP contribution in [0.15, 0.2) is 18.2 Å². The molecule has 6 bridgehead atoms. The van der Waals surface area contributed by atoms with Gasteiger partial charge in [0.15, 0.2) is 5.82 Å². The van der Waals surface area contributed by atoms with Crippen LogP contribution in [0, 0.1) is 6.92 Å². The number of aromatic amines is 1. The Labute approximate surface area is 162 Å².